The molecule has 0 unspecified atom stereocenters. The van der Waals surface area contributed by atoms with Crippen molar-refractivity contribution < 1.29 is 4.74 Å². The minimum Gasteiger partial charge on any atom is -0.378 e. The summed E-state index contributed by atoms with van der Waals surface area (Å²) in [5, 5.41) is 0. The molecule has 3 nitrogen and oxygen atoms in total. The summed E-state index contributed by atoms with van der Waals surface area (Å²) in [5.74, 6) is 0.648. The second-order valence-corrected chi connectivity index (χ2v) is 3.36. The molecule has 0 saturated heterocycles. The fourth-order valence-corrected chi connectivity index (χ4v) is 1.17. The van der Waals surface area contributed by atoms with Gasteiger partial charge >= 0.3 is 0 Å². The third-order valence-electron chi connectivity index (χ3n) is 1.65. The molecule has 0 bridgehead atoms. The first-order chi connectivity index (χ1) is 5.74. The van der Waals surface area contributed by atoms with E-state index in [9.17, 15) is 0 Å². The van der Waals surface area contributed by atoms with Gasteiger partial charge in [-0.3, -0.25) is 0 Å². The monoisotopic (exact) mass is 168 g/mol. The lowest BCUT2D eigenvalue weighted by atomic mass is 10.2. The Balaban J connectivity index is 2.63. The van der Waals surface area contributed by atoms with Crippen molar-refractivity contribution in [2.75, 3.05) is 7.11 Å². The molecular formula is C9H16N2O. The van der Waals surface area contributed by atoms with Gasteiger partial charge in [-0.15, -0.1) is 0 Å². The summed E-state index contributed by atoms with van der Waals surface area (Å²) in [7, 11) is 1.70. The Morgan fingerprint density at radius 1 is 1.58 bits per heavy atom. The maximum absolute atomic E-state index is 5.05. The lowest BCUT2D eigenvalue weighted by Crippen LogP contribution is -2.07. The molecule has 0 aromatic carbocycles. The fraction of sp³-hybridized carbons (Fsp3) is 0.667. The van der Waals surface area contributed by atoms with E-state index in [1.807, 2.05) is 12.5 Å². The van der Waals surface area contributed by atoms with Crippen molar-refractivity contribution in [3.05, 3.63) is 18.2 Å². The molecule has 1 rings (SSSR count). The zero-order valence-electron chi connectivity index (χ0n) is 7.95. The van der Waals surface area contributed by atoms with Crippen molar-refractivity contribution >= 4 is 0 Å². The van der Waals surface area contributed by atoms with Crippen molar-refractivity contribution in [1.82, 2.24) is 9.55 Å². The number of hydrogen-bond donors (Lipinski definition) is 0. The standard InChI is InChI=1S/C9H16N2O/c1-8(2)5-11-7-10-4-9(11)6-12-3/h4,7-8H,5-6H2,1-3H3. The first-order valence-corrected chi connectivity index (χ1v) is 4.22. The van der Waals surface area contributed by atoms with E-state index >= 15 is 0 Å². The molecule has 68 valence electrons. The highest BCUT2D eigenvalue weighted by Crippen LogP contribution is 2.05. The minimum atomic E-state index is 0.646. The van der Waals surface area contributed by atoms with Crippen LogP contribution in [-0.4, -0.2) is 16.7 Å². The van der Waals surface area contributed by atoms with Gasteiger partial charge in [0.2, 0.25) is 0 Å². The highest BCUT2D eigenvalue weighted by atomic mass is 16.5. The van der Waals surface area contributed by atoms with Crippen LogP contribution in [-0.2, 0) is 17.9 Å². The Labute approximate surface area is 73.4 Å². The highest BCUT2D eigenvalue weighted by Gasteiger charge is 2.02. The average Bonchev–Trinajstić information content (AvgIpc) is 2.37. The molecule has 0 aliphatic carbocycles. The number of methoxy groups -OCH3 is 1. The van der Waals surface area contributed by atoms with Gasteiger partial charge < -0.3 is 9.30 Å². The molecule has 1 heterocycles. The van der Waals surface area contributed by atoms with E-state index in [0.29, 0.717) is 12.5 Å². The molecule has 0 amide bonds. The van der Waals surface area contributed by atoms with Gasteiger partial charge in [0.15, 0.2) is 0 Å². The Hall–Kier alpha value is -0.830. The van der Waals surface area contributed by atoms with Gasteiger partial charge in [-0.25, -0.2) is 4.98 Å². The molecule has 0 radical (unpaired) electrons. The predicted molar refractivity (Wildman–Crippen MR) is 47.8 cm³/mol. The summed E-state index contributed by atoms with van der Waals surface area (Å²) in [4.78, 5) is 4.08. The summed E-state index contributed by atoms with van der Waals surface area (Å²) in [6.45, 7) is 6.04. The van der Waals surface area contributed by atoms with E-state index in [1.54, 1.807) is 7.11 Å². The van der Waals surface area contributed by atoms with Gasteiger partial charge in [0, 0.05) is 13.7 Å². The lowest BCUT2D eigenvalue weighted by Gasteiger charge is -2.09. The quantitative estimate of drug-likeness (QED) is 0.684. The van der Waals surface area contributed by atoms with Gasteiger partial charge in [0.05, 0.1) is 24.8 Å². The van der Waals surface area contributed by atoms with Crippen LogP contribution >= 0.6 is 0 Å². The van der Waals surface area contributed by atoms with E-state index < -0.39 is 0 Å². The van der Waals surface area contributed by atoms with Crippen molar-refractivity contribution in [2.45, 2.75) is 27.0 Å². The second kappa shape index (κ2) is 4.26. The van der Waals surface area contributed by atoms with Crippen LogP contribution in [0.15, 0.2) is 12.5 Å². The molecule has 1 aromatic heterocycles. The highest BCUT2D eigenvalue weighted by molar-refractivity contribution is 4.96. The Morgan fingerprint density at radius 3 is 2.92 bits per heavy atom. The number of nitrogens with zero attached hydrogens (tertiary/aromatic N) is 2. The zero-order valence-corrected chi connectivity index (χ0v) is 7.95. The van der Waals surface area contributed by atoms with Crippen LogP contribution in [0.2, 0.25) is 0 Å². The van der Waals surface area contributed by atoms with Crippen LogP contribution in [0.5, 0.6) is 0 Å². The van der Waals surface area contributed by atoms with Gasteiger partial charge in [-0.05, 0) is 5.92 Å². The molecule has 0 aliphatic heterocycles. The molecule has 3 heteroatoms. The predicted octanol–water partition coefficient (Wildman–Crippen LogP) is 1.69. The normalized spacial score (nSPS) is 11.0. The van der Waals surface area contributed by atoms with Crippen LogP contribution in [0, 0.1) is 5.92 Å². The third-order valence-corrected chi connectivity index (χ3v) is 1.65. The van der Waals surface area contributed by atoms with E-state index in [2.05, 4.69) is 23.4 Å². The molecule has 0 N–H and O–H groups in total. The summed E-state index contributed by atoms with van der Waals surface area (Å²) < 4.78 is 7.18. The van der Waals surface area contributed by atoms with Crippen LogP contribution < -0.4 is 0 Å². The first kappa shape index (κ1) is 9.26. The van der Waals surface area contributed by atoms with Gasteiger partial charge in [0.1, 0.15) is 0 Å². The molecule has 0 atom stereocenters. The summed E-state index contributed by atoms with van der Waals surface area (Å²) in [6, 6.07) is 0. The summed E-state index contributed by atoms with van der Waals surface area (Å²) in [6.07, 6.45) is 3.71. The molecule has 0 aliphatic rings. The van der Waals surface area contributed by atoms with Gasteiger partial charge in [0.25, 0.3) is 0 Å². The van der Waals surface area contributed by atoms with Gasteiger partial charge in [-0.1, -0.05) is 13.8 Å². The van der Waals surface area contributed by atoms with E-state index in [1.165, 1.54) is 0 Å². The topological polar surface area (TPSA) is 27.1 Å². The molecule has 1 aromatic rings. The van der Waals surface area contributed by atoms with Crippen molar-refractivity contribution in [2.24, 2.45) is 5.92 Å². The number of aromatic nitrogens is 2. The molecule has 0 saturated carbocycles. The Bertz CT molecular complexity index is 230. The van der Waals surface area contributed by atoms with E-state index in [0.717, 1.165) is 12.2 Å². The number of ether oxygens (including phenoxy) is 1. The largest absolute Gasteiger partial charge is 0.378 e. The Kier molecular flexibility index (Phi) is 3.29. The van der Waals surface area contributed by atoms with Crippen molar-refractivity contribution in [3.63, 3.8) is 0 Å². The van der Waals surface area contributed by atoms with Crippen molar-refractivity contribution in [3.8, 4) is 0 Å². The van der Waals surface area contributed by atoms with Crippen LogP contribution in [0.25, 0.3) is 0 Å². The minimum absolute atomic E-state index is 0.646. The molecular weight excluding hydrogens is 152 g/mol. The first-order valence-electron chi connectivity index (χ1n) is 4.22. The molecule has 0 spiro atoms. The summed E-state index contributed by atoms with van der Waals surface area (Å²) in [5.41, 5.74) is 1.14. The van der Waals surface area contributed by atoms with E-state index in [-0.39, 0.29) is 0 Å². The number of rotatable bonds is 4. The SMILES string of the molecule is COCc1cncn1CC(C)C. The van der Waals surface area contributed by atoms with Gasteiger partial charge in [-0.2, -0.15) is 0 Å². The second-order valence-electron chi connectivity index (χ2n) is 3.36. The van der Waals surface area contributed by atoms with E-state index in [4.69, 9.17) is 4.74 Å². The molecule has 12 heavy (non-hydrogen) atoms. The van der Waals surface area contributed by atoms with Crippen molar-refractivity contribution in [1.29, 1.82) is 0 Å². The van der Waals surface area contributed by atoms with Crippen LogP contribution in [0.4, 0.5) is 0 Å². The average molecular weight is 168 g/mol. The lowest BCUT2D eigenvalue weighted by molar-refractivity contribution is 0.177. The fourth-order valence-electron chi connectivity index (χ4n) is 1.17. The summed E-state index contributed by atoms with van der Waals surface area (Å²) >= 11 is 0. The maximum atomic E-state index is 5.05. The number of imidazole rings is 1. The smallest absolute Gasteiger partial charge is 0.0948 e. The van der Waals surface area contributed by atoms with Crippen LogP contribution in [0.1, 0.15) is 19.5 Å². The third kappa shape index (κ3) is 2.34. The van der Waals surface area contributed by atoms with Crippen LogP contribution in [0.3, 0.4) is 0 Å². The number of hydrogen-bond acceptors (Lipinski definition) is 2. The zero-order chi connectivity index (χ0) is 8.97. The maximum Gasteiger partial charge on any atom is 0.0948 e. The Morgan fingerprint density at radius 2 is 2.33 bits per heavy atom. The molecule has 0 fully saturated rings.